The van der Waals surface area contributed by atoms with Crippen LogP contribution in [0.5, 0.6) is 0 Å². The van der Waals surface area contributed by atoms with Gasteiger partial charge >= 0.3 is 5.97 Å². The molecule has 0 aliphatic heterocycles. The first kappa shape index (κ1) is 15.3. The van der Waals surface area contributed by atoms with Crippen LogP contribution in [0, 0.1) is 0 Å². The van der Waals surface area contributed by atoms with E-state index >= 15 is 0 Å². The highest BCUT2D eigenvalue weighted by molar-refractivity contribution is 9.11. The molecule has 0 bridgehead atoms. The van der Waals surface area contributed by atoms with Gasteiger partial charge in [0.1, 0.15) is 4.21 Å². The zero-order chi connectivity index (χ0) is 14.9. The summed E-state index contributed by atoms with van der Waals surface area (Å²) >= 11 is 9.90. The molecule has 2 N–H and O–H groups in total. The van der Waals surface area contributed by atoms with Crippen molar-refractivity contribution in [2.75, 3.05) is 4.72 Å². The number of carbonyl (C=O) groups is 1. The molecule has 0 aliphatic rings. The number of hydrogen-bond donors (Lipinski definition) is 2. The van der Waals surface area contributed by atoms with Gasteiger partial charge in [0.15, 0.2) is 0 Å². The van der Waals surface area contributed by atoms with Gasteiger partial charge in [-0.1, -0.05) is 11.6 Å². The number of thiophene rings is 1. The lowest BCUT2D eigenvalue weighted by Gasteiger charge is -2.09. The molecule has 5 nitrogen and oxygen atoms in total. The van der Waals surface area contributed by atoms with Crippen molar-refractivity contribution in [1.82, 2.24) is 0 Å². The molecule has 0 saturated heterocycles. The number of benzene rings is 1. The van der Waals surface area contributed by atoms with E-state index in [0.29, 0.717) is 3.79 Å². The highest BCUT2D eigenvalue weighted by Crippen LogP contribution is 2.29. The summed E-state index contributed by atoms with van der Waals surface area (Å²) in [6.45, 7) is 0. The van der Waals surface area contributed by atoms with Crippen LogP contribution in [-0.4, -0.2) is 19.5 Å². The van der Waals surface area contributed by atoms with Crippen LogP contribution in [0.2, 0.25) is 5.02 Å². The topological polar surface area (TPSA) is 83.5 Å². The van der Waals surface area contributed by atoms with Crippen LogP contribution in [0.3, 0.4) is 0 Å². The third-order valence-electron chi connectivity index (χ3n) is 2.27. The van der Waals surface area contributed by atoms with E-state index < -0.39 is 16.0 Å². The number of aromatic carboxylic acids is 1. The first-order valence-corrected chi connectivity index (χ1v) is 8.57. The zero-order valence-electron chi connectivity index (χ0n) is 9.63. The van der Waals surface area contributed by atoms with Gasteiger partial charge < -0.3 is 5.11 Å². The number of sulfonamides is 1. The molecule has 1 aromatic heterocycles. The molecule has 0 atom stereocenters. The Hall–Kier alpha value is -1.09. The van der Waals surface area contributed by atoms with Crippen LogP contribution in [0.4, 0.5) is 5.69 Å². The van der Waals surface area contributed by atoms with E-state index in [2.05, 4.69) is 20.7 Å². The Morgan fingerprint density at radius 3 is 2.55 bits per heavy atom. The van der Waals surface area contributed by atoms with E-state index in [1.807, 2.05) is 0 Å². The molecule has 106 valence electrons. The van der Waals surface area contributed by atoms with Gasteiger partial charge in [0.2, 0.25) is 0 Å². The van der Waals surface area contributed by atoms with Gasteiger partial charge in [-0.15, -0.1) is 11.3 Å². The Bertz CT molecular complexity index is 772. The third-order valence-corrected chi connectivity index (χ3v) is 5.99. The number of nitrogens with one attached hydrogen (secondary N) is 1. The van der Waals surface area contributed by atoms with Gasteiger partial charge in [-0.3, -0.25) is 4.72 Å². The van der Waals surface area contributed by atoms with Gasteiger partial charge in [-0.05, 0) is 46.3 Å². The van der Waals surface area contributed by atoms with Gasteiger partial charge in [0, 0.05) is 5.02 Å². The van der Waals surface area contributed by atoms with Crippen LogP contribution in [0.1, 0.15) is 10.4 Å². The fourth-order valence-electron chi connectivity index (χ4n) is 1.42. The largest absolute Gasteiger partial charge is 0.478 e. The van der Waals surface area contributed by atoms with Crippen LogP contribution < -0.4 is 4.72 Å². The predicted molar refractivity (Wildman–Crippen MR) is 81.2 cm³/mol. The maximum absolute atomic E-state index is 12.1. The second-order valence-electron chi connectivity index (χ2n) is 3.66. The molecule has 0 radical (unpaired) electrons. The van der Waals surface area contributed by atoms with Gasteiger partial charge in [-0.25, -0.2) is 13.2 Å². The fourth-order valence-corrected chi connectivity index (χ4v) is 4.68. The molecule has 2 aromatic rings. The van der Waals surface area contributed by atoms with Crippen molar-refractivity contribution in [3.05, 3.63) is 44.7 Å². The van der Waals surface area contributed by atoms with E-state index in [1.165, 1.54) is 24.3 Å². The van der Waals surface area contributed by atoms with E-state index in [0.717, 1.165) is 11.3 Å². The predicted octanol–water partition coefficient (Wildman–Crippen LogP) is 3.66. The molecule has 2 rings (SSSR count). The molecule has 0 unspecified atom stereocenters. The Kier molecular flexibility index (Phi) is 4.38. The van der Waals surface area contributed by atoms with Gasteiger partial charge in [0.05, 0.1) is 15.0 Å². The monoisotopic (exact) mass is 395 g/mol. The molecule has 1 aromatic carbocycles. The molecule has 0 saturated carbocycles. The minimum Gasteiger partial charge on any atom is -0.478 e. The number of carboxylic acid groups (broad SMARTS) is 1. The molecule has 0 fully saturated rings. The van der Waals surface area contributed by atoms with Crippen LogP contribution >= 0.6 is 38.9 Å². The number of halogens is 2. The number of anilines is 1. The van der Waals surface area contributed by atoms with Crippen molar-refractivity contribution in [2.45, 2.75) is 4.21 Å². The summed E-state index contributed by atoms with van der Waals surface area (Å²) in [5.41, 5.74) is -0.247. The lowest BCUT2D eigenvalue weighted by Crippen LogP contribution is -2.14. The quantitative estimate of drug-likeness (QED) is 0.826. The van der Waals surface area contributed by atoms with Crippen molar-refractivity contribution in [2.24, 2.45) is 0 Å². The minimum atomic E-state index is -3.83. The summed E-state index contributed by atoms with van der Waals surface area (Å²) in [5, 5.41) is 9.28. The van der Waals surface area contributed by atoms with Gasteiger partial charge in [0.25, 0.3) is 10.0 Å². The molecular weight excluding hydrogens is 390 g/mol. The SMILES string of the molecule is O=C(O)c1cc(Cl)ccc1NS(=O)(=O)c1ccc(Br)s1. The first-order valence-electron chi connectivity index (χ1n) is 5.10. The van der Waals surface area contributed by atoms with Crippen molar-refractivity contribution < 1.29 is 18.3 Å². The summed E-state index contributed by atoms with van der Waals surface area (Å²) < 4.78 is 27.2. The lowest BCUT2D eigenvalue weighted by atomic mass is 10.2. The average Bonchev–Trinajstić information content (AvgIpc) is 2.78. The van der Waals surface area contributed by atoms with E-state index in [9.17, 15) is 13.2 Å². The molecule has 1 heterocycles. The Morgan fingerprint density at radius 1 is 1.30 bits per heavy atom. The number of hydrogen-bond acceptors (Lipinski definition) is 4. The summed E-state index contributed by atoms with van der Waals surface area (Å²) in [6, 6.07) is 6.93. The molecule has 0 amide bonds. The standard InChI is InChI=1S/C11H7BrClNO4S2/c12-9-3-4-10(19-9)20(17,18)14-8-2-1-6(13)5-7(8)11(15)16/h1-5,14H,(H,15,16). The van der Waals surface area contributed by atoms with Crippen LogP contribution in [0.15, 0.2) is 38.3 Å². The smallest absolute Gasteiger partial charge is 0.337 e. The third kappa shape index (κ3) is 3.32. The fraction of sp³-hybridized carbons (Fsp3) is 0. The normalized spacial score (nSPS) is 11.3. The van der Waals surface area contributed by atoms with E-state index in [-0.39, 0.29) is 20.5 Å². The lowest BCUT2D eigenvalue weighted by molar-refractivity contribution is 0.0698. The first-order chi connectivity index (χ1) is 9.29. The molecule has 0 aliphatic carbocycles. The Labute approximate surface area is 132 Å². The second kappa shape index (κ2) is 5.72. The maximum Gasteiger partial charge on any atom is 0.337 e. The van der Waals surface area contributed by atoms with Crippen LogP contribution in [-0.2, 0) is 10.0 Å². The highest BCUT2D eigenvalue weighted by Gasteiger charge is 2.20. The molecule has 9 heteroatoms. The number of carboxylic acids is 1. The summed E-state index contributed by atoms with van der Waals surface area (Å²) in [5.74, 6) is -1.27. The second-order valence-corrected chi connectivity index (χ2v) is 8.47. The number of rotatable bonds is 4. The minimum absolute atomic E-state index is 0.0357. The summed E-state index contributed by atoms with van der Waals surface area (Å²) in [7, 11) is -3.83. The van der Waals surface area contributed by atoms with Crippen molar-refractivity contribution in [1.29, 1.82) is 0 Å². The average molecular weight is 397 g/mol. The van der Waals surface area contributed by atoms with Crippen molar-refractivity contribution >= 4 is 60.5 Å². The Balaban J connectivity index is 2.42. The molecular formula is C11H7BrClNO4S2. The maximum atomic E-state index is 12.1. The summed E-state index contributed by atoms with van der Waals surface area (Å²) in [4.78, 5) is 11.1. The molecule has 0 spiro atoms. The van der Waals surface area contributed by atoms with Crippen molar-refractivity contribution in [3.63, 3.8) is 0 Å². The van der Waals surface area contributed by atoms with E-state index in [1.54, 1.807) is 6.07 Å². The molecule has 20 heavy (non-hydrogen) atoms. The van der Waals surface area contributed by atoms with E-state index in [4.69, 9.17) is 16.7 Å². The van der Waals surface area contributed by atoms with Gasteiger partial charge in [-0.2, -0.15) is 0 Å². The van der Waals surface area contributed by atoms with Crippen LogP contribution in [0.25, 0.3) is 0 Å². The highest BCUT2D eigenvalue weighted by atomic mass is 79.9. The van der Waals surface area contributed by atoms with Crippen molar-refractivity contribution in [3.8, 4) is 0 Å². The Morgan fingerprint density at radius 2 is 2.00 bits per heavy atom. The summed E-state index contributed by atoms with van der Waals surface area (Å²) in [6.07, 6.45) is 0. The zero-order valence-corrected chi connectivity index (χ0v) is 13.6.